The molecule has 0 atom stereocenters. The quantitative estimate of drug-likeness (QED) is 0.687. The maximum Gasteiger partial charge on any atom is 0.225 e. The van der Waals surface area contributed by atoms with Gasteiger partial charge in [-0.25, -0.2) is 4.98 Å². The van der Waals surface area contributed by atoms with Gasteiger partial charge in [0.25, 0.3) is 0 Å². The van der Waals surface area contributed by atoms with Gasteiger partial charge >= 0.3 is 0 Å². The Morgan fingerprint density at radius 3 is 2.70 bits per heavy atom. The van der Waals surface area contributed by atoms with Crippen LogP contribution in [-0.2, 0) is 25.9 Å². The van der Waals surface area contributed by atoms with Gasteiger partial charge in [-0.05, 0) is 41.7 Å². The number of aryl methyl sites for hydroxylation is 1. The molecule has 2 heterocycles. The summed E-state index contributed by atoms with van der Waals surface area (Å²) >= 11 is 6.13. The average molecular weight is 379 g/mol. The van der Waals surface area contributed by atoms with Crippen molar-refractivity contribution in [3.8, 4) is 0 Å². The summed E-state index contributed by atoms with van der Waals surface area (Å²) in [4.78, 5) is 11.8. The topological polar surface area (TPSA) is 41.1 Å². The van der Waals surface area contributed by atoms with Crippen LogP contribution >= 0.6 is 11.6 Å². The summed E-state index contributed by atoms with van der Waals surface area (Å²) in [6.07, 6.45) is 1.86. The van der Waals surface area contributed by atoms with Gasteiger partial charge in [0.2, 0.25) is 5.95 Å². The molecule has 0 spiro atoms. The zero-order chi connectivity index (χ0) is 18.6. The molecule has 0 fully saturated rings. The number of hydrogen-bond donors (Lipinski definition) is 1. The lowest BCUT2D eigenvalue weighted by Crippen LogP contribution is -2.31. The highest BCUT2D eigenvalue weighted by molar-refractivity contribution is 6.30. The summed E-state index contributed by atoms with van der Waals surface area (Å²) in [6, 6.07) is 18.6. The van der Waals surface area contributed by atoms with Gasteiger partial charge < -0.3 is 10.2 Å². The Hall–Kier alpha value is -2.59. The fourth-order valence-corrected chi connectivity index (χ4v) is 3.59. The van der Waals surface area contributed by atoms with Gasteiger partial charge in [0.15, 0.2) is 0 Å². The van der Waals surface area contributed by atoms with E-state index in [0.29, 0.717) is 5.95 Å². The van der Waals surface area contributed by atoms with Gasteiger partial charge in [-0.1, -0.05) is 54.9 Å². The molecule has 1 aliphatic heterocycles. The van der Waals surface area contributed by atoms with Crippen LogP contribution in [0.3, 0.4) is 0 Å². The average Bonchev–Trinajstić information content (AvgIpc) is 2.72. The second kappa shape index (κ2) is 7.97. The van der Waals surface area contributed by atoms with Crippen molar-refractivity contribution >= 4 is 23.4 Å². The second-order valence-electron chi connectivity index (χ2n) is 6.82. The third kappa shape index (κ3) is 4.22. The van der Waals surface area contributed by atoms with Crippen molar-refractivity contribution in [1.82, 2.24) is 9.97 Å². The number of nitrogens with one attached hydrogen (secondary N) is 1. The van der Waals surface area contributed by atoms with Gasteiger partial charge in [0, 0.05) is 36.4 Å². The van der Waals surface area contributed by atoms with Crippen molar-refractivity contribution in [3.63, 3.8) is 0 Å². The molecule has 0 saturated carbocycles. The first-order chi connectivity index (χ1) is 13.2. The van der Waals surface area contributed by atoms with Crippen molar-refractivity contribution in [3.05, 3.63) is 82.0 Å². The predicted molar refractivity (Wildman–Crippen MR) is 111 cm³/mol. The molecule has 0 saturated heterocycles. The summed E-state index contributed by atoms with van der Waals surface area (Å²) in [7, 11) is 0. The molecule has 0 unspecified atom stereocenters. The standard InChI is InChI=1S/C22H23ClN4/c1-2-20-13-21(26-22(25-20)24-14-16-6-4-3-5-7-16)27-11-10-17-12-19(23)9-8-18(17)15-27/h3-9,12-13H,2,10-11,14-15H2,1H3,(H,24,25,26). The van der Waals surface area contributed by atoms with Crippen LogP contribution in [0, 0.1) is 0 Å². The molecular formula is C22H23ClN4. The van der Waals surface area contributed by atoms with Crippen LogP contribution < -0.4 is 10.2 Å². The number of anilines is 2. The molecule has 1 aromatic heterocycles. The molecule has 1 N–H and O–H groups in total. The van der Waals surface area contributed by atoms with Crippen LogP contribution in [-0.4, -0.2) is 16.5 Å². The van der Waals surface area contributed by atoms with E-state index in [4.69, 9.17) is 16.6 Å². The van der Waals surface area contributed by atoms with E-state index in [2.05, 4.69) is 52.5 Å². The fourth-order valence-electron chi connectivity index (χ4n) is 3.40. The summed E-state index contributed by atoms with van der Waals surface area (Å²) in [5.74, 6) is 1.67. The van der Waals surface area contributed by atoms with E-state index in [1.165, 1.54) is 16.7 Å². The number of halogens is 1. The van der Waals surface area contributed by atoms with Crippen molar-refractivity contribution < 1.29 is 0 Å². The molecule has 2 aromatic carbocycles. The van der Waals surface area contributed by atoms with Crippen molar-refractivity contribution in [2.75, 3.05) is 16.8 Å². The Morgan fingerprint density at radius 1 is 1.04 bits per heavy atom. The third-order valence-electron chi connectivity index (χ3n) is 4.93. The molecule has 0 bridgehead atoms. The third-order valence-corrected chi connectivity index (χ3v) is 5.16. The van der Waals surface area contributed by atoms with Crippen LogP contribution in [0.4, 0.5) is 11.8 Å². The monoisotopic (exact) mass is 378 g/mol. The molecule has 0 radical (unpaired) electrons. The Balaban J connectivity index is 1.54. The molecule has 1 aliphatic rings. The summed E-state index contributed by atoms with van der Waals surface area (Å²) in [5.41, 5.74) is 4.93. The number of fused-ring (bicyclic) bond motifs is 1. The van der Waals surface area contributed by atoms with E-state index >= 15 is 0 Å². The Kier molecular flexibility index (Phi) is 5.26. The first-order valence-corrected chi connectivity index (χ1v) is 9.77. The molecule has 138 valence electrons. The number of nitrogens with zero attached hydrogens (tertiary/aromatic N) is 3. The van der Waals surface area contributed by atoms with Gasteiger partial charge in [-0.15, -0.1) is 0 Å². The molecule has 4 rings (SSSR count). The highest BCUT2D eigenvalue weighted by atomic mass is 35.5. The second-order valence-corrected chi connectivity index (χ2v) is 7.25. The van der Waals surface area contributed by atoms with Crippen molar-refractivity contribution in [2.45, 2.75) is 32.9 Å². The van der Waals surface area contributed by atoms with Crippen LogP contribution in [0.25, 0.3) is 0 Å². The van der Waals surface area contributed by atoms with Gasteiger partial charge in [0.1, 0.15) is 5.82 Å². The number of hydrogen-bond acceptors (Lipinski definition) is 4. The van der Waals surface area contributed by atoms with Crippen LogP contribution in [0.15, 0.2) is 54.6 Å². The largest absolute Gasteiger partial charge is 0.352 e. The van der Waals surface area contributed by atoms with E-state index in [-0.39, 0.29) is 0 Å². The van der Waals surface area contributed by atoms with E-state index in [9.17, 15) is 0 Å². The first kappa shape index (κ1) is 17.8. The van der Waals surface area contributed by atoms with E-state index in [1.54, 1.807) is 0 Å². The lowest BCUT2D eigenvalue weighted by molar-refractivity contribution is 0.717. The van der Waals surface area contributed by atoms with E-state index in [1.807, 2.05) is 24.3 Å². The van der Waals surface area contributed by atoms with Crippen molar-refractivity contribution in [2.24, 2.45) is 0 Å². The molecule has 5 heteroatoms. The predicted octanol–water partition coefficient (Wildman–Crippen LogP) is 4.87. The Bertz CT molecular complexity index is 927. The lowest BCUT2D eigenvalue weighted by Gasteiger charge is -2.30. The SMILES string of the molecule is CCc1cc(N2CCc3cc(Cl)ccc3C2)nc(NCc2ccccc2)n1. The van der Waals surface area contributed by atoms with Gasteiger partial charge in [-0.2, -0.15) is 4.98 Å². The van der Waals surface area contributed by atoms with Crippen LogP contribution in [0.2, 0.25) is 5.02 Å². The van der Waals surface area contributed by atoms with Gasteiger partial charge in [-0.3, -0.25) is 0 Å². The number of benzene rings is 2. The normalized spacial score (nSPS) is 13.3. The molecule has 0 amide bonds. The molecule has 27 heavy (non-hydrogen) atoms. The highest BCUT2D eigenvalue weighted by Gasteiger charge is 2.19. The fraction of sp³-hybridized carbons (Fsp3) is 0.273. The molecular weight excluding hydrogens is 356 g/mol. The van der Waals surface area contributed by atoms with Crippen LogP contribution in [0.1, 0.15) is 29.3 Å². The van der Waals surface area contributed by atoms with Crippen molar-refractivity contribution in [1.29, 1.82) is 0 Å². The van der Waals surface area contributed by atoms with Gasteiger partial charge in [0.05, 0.1) is 0 Å². The smallest absolute Gasteiger partial charge is 0.225 e. The van der Waals surface area contributed by atoms with Crippen LogP contribution in [0.5, 0.6) is 0 Å². The molecule has 4 nitrogen and oxygen atoms in total. The van der Waals surface area contributed by atoms with E-state index in [0.717, 1.165) is 49.0 Å². The highest BCUT2D eigenvalue weighted by Crippen LogP contribution is 2.26. The van der Waals surface area contributed by atoms with E-state index < -0.39 is 0 Å². The lowest BCUT2D eigenvalue weighted by atomic mass is 10.00. The first-order valence-electron chi connectivity index (χ1n) is 9.39. The molecule has 3 aromatic rings. The zero-order valence-corrected chi connectivity index (χ0v) is 16.2. The number of aromatic nitrogens is 2. The maximum absolute atomic E-state index is 6.13. The maximum atomic E-state index is 6.13. The molecule has 0 aliphatic carbocycles. The summed E-state index contributed by atoms with van der Waals surface area (Å²) in [5, 5.41) is 4.19. The Morgan fingerprint density at radius 2 is 1.89 bits per heavy atom. The zero-order valence-electron chi connectivity index (χ0n) is 15.5. The minimum absolute atomic E-state index is 0.690. The Labute approximate surface area is 165 Å². The minimum atomic E-state index is 0.690. The summed E-state index contributed by atoms with van der Waals surface area (Å²) < 4.78 is 0. The minimum Gasteiger partial charge on any atom is -0.352 e. The number of rotatable bonds is 5. The summed E-state index contributed by atoms with van der Waals surface area (Å²) in [6.45, 7) is 4.63.